The van der Waals surface area contributed by atoms with Crippen LogP contribution in [0.25, 0.3) is 0 Å². The monoisotopic (exact) mass is 204 g/mol. The molecule has 1 aromatic rings. The van der Waals surface area contributed by atoms with Gasteiger partial charge in [0.2, 0.25) is 0 Å². The summed E-state index contributed by atoms with van der Waals surface area (Å²) in [4.78, 5) is 0. The number of rotatable bonds is 0. The molecule has 7 heteroatoms. The fourth-order valence-electron chi connectivity index (χ4n) is 0.736. The van der Waals surface area contributed by atoms with E-state index in [9.17, 15) is 26.3 Å². The van der Waals surface area contributed by atoms with Gasteiger partial charge in [0.25, 0.3) is 0 Å². The Balaban J connectivity index is 3.19. The van der Waals surface area contributed by atoms with Gasteiger partial charge in [0.15, 0.2) is 0 Å². The topological polar surface area (TPSA) is 13.1 Å². The standard InChI is InChI=1S/C6H2F6O/c7-5(8,9)3-1-13-2-4(3)6(10,11)12/h1-2H. The molecular weight excluding hydrogens is 202 g/mol. The van der Waals surface area contributed by atoms with Crippen LogP contribution in [0.4, 0.5) is 26.3 Å². The number of alkyl halides is 6. The molecule has 1 heterocycles. The second-order valence-corrected chi connectivity index (χ2v) is 2.19. The molecule has 0 bridgehead atoms. The third kappa shape index (κ3) is 1.96. The van der Waals surface area contributed by atoms with E-state index in [0.717, 1.165) is 0 Å². The van der Waals surface area contributed by atoms with Crippen molar-refractivity contribution in [2.45, 2.75) is 12.4 Å². The average molecular weight is 204 g/mol. The summed E-state index contributed by atoms with van der Waals surface area (Å²) in [7, 11) is 0. The molecule has 0 aromatic carbocycles. The molecule has 0 aliphatic rings. The second-order valence-electron chi connectivity index (χ2n) is 2.19. The average Bonchev–Trinajstić information content (AvgIpc) is 2.27. The Morgan fingerprint density at radius 2 is 1.08 bits per heavy atom. The lowest BCUT2D eigenvalue weighted by Crippen LogP contribution is -2.13. The Bertz CT molecular complexity index is 264. The van der Waals surface area contributed by atoms with Gasteiger partial charge in [-0.3, -0.25) is 0 Å². The van der Waals surface area contributed by atoms with Crippen LogP contribution in [-0.2, 0) is 12.4 Å². The van der Waals surface area contributed by atoms with Crippen LogP contribution in [0.3, 0.4) is 0 Å². The minimum Gasteiger partial charge on any atom is -0.471 e. The van der Waals surface area contributed by atoms with Crippen molar-refractivity contribution >= 4 is 0 Å². The molecule has 0 saturated heterocycles. The zero-order valence-corrected chi connectivity index (χ0v) is 5.83. The summed E-state index contributed by atoms with van der Waals surface area (Å²) < 4.78 is 75.0. The molecule has 1 rings (SSSR count). The summed E-state index contributed by atoms with van der Waals surface area (Å²) in [5, 5.41) is 0. The third-order valence-electron chi connectivity index (χ3n) is 1.27. The molecule has 0 saturated carbocycles. The summed E-state index contributed by atoms with van der Waals surface area (Å²) in [5.74, 6) is 0. The van der Waals surface area contributed by atoms with Crippen LogP contribution in [-0.4, -0.2) is 0 Å². The van der Waals surface area contributed by atoms with Crippen molar-refractivity contribution in [1.29, 1.82) is 0 Å². The van der Waals surface area contributed by atoms with E-state index in [-0.39, 0.29) is 12.5 Å². The molecule has 0 unspecified atom stereocenters. The van der Waals surface area contributed by atoms with E-state index in [0.29, 0.717) is 0 Å². The quantitative estimate of drug-likeness (QED) is 0.591. The van der Waals surface area contributed by atoms with Crippen molar-refractivity contribution in [3.8, 4) is 0 Å². The highest BCUT2D eigenvalue weighted by molar-refractivity contribution is 5.26. The number of hydrogen-bond donors (Lipinski definition) is 0. The molecule has 0 amide bonds. The molecule has 1 nitrogen and oxygen atoms in total. The fraction of sp³-hybridized carbons (Fsp3) is 0.333. The normalized spacial score (nSPS) is 13.4. The van der Waals surface area contributed by atoms with Gasteiger partial charge in [-0.1, -0.05) is 0 Å². The van der Waals surface area contributed by atoms with Crippen molar-refractivity contribution in [3.05, 3.63) is 23.7 Å². The SMILES string of the molecule is FC(F)(F)c1cocc1C(F)(F)F. The van der Waals surface area contributed by atoms with Gasteiger partial charge in [0.05, 0.1) is 0 Å². The van der Waals surface area contributed by atoms with E-state index in [1.54, 1.807) is 0 Å². The molecule has 0 spiro atoms. The summed E-state index contributed by atoms with van der Waals surface area (Å²) in [6, 6.07) is 0. The predicted molar refractivity (Wildman–Crippen MR) is 28.7 cm³/mol. The van der Waals surface area contributed by atoms with Gasteiger partial charge in [-0.15, -0.1) is 0 Å². The van der Waals surface area contributed by atoms with Crippen LogP contribution in [0.1, 0.15) is 11.1 Å². The molecule has 0 aliphatic heterocycles. The van der Waals surface area contributed by atoms with Gasteiger partial charge in [-0.2, -0.15) is 26.3 Å². The van der Waals surface area contributed by atoms with Gasteiger partial charge in [0, 0.05) is 0 Å². The molecule has 0 aliphatic carbocycles. The van der Waals surface area contributed by atoms with E-state index in [4.69, 9.17) is 0 Å². The van der Waals surface area contributed by atoms with Crippen molar-refractivity contribution < 1.29 is 30.8 Å². The van der Waals surface area contributed by atoms with Crippen LogP contribution in [0.2, 0.25) is 0 Å². The third-order valence-corrected chi connectivity index (χ3v) is 1.27. The summed E-state index contributed by atoms with van der Waals surface area (Å²) in [5.41, 5.74) is -3.61. The van der Waals surface area contributed by atoms with Crippen molar-refractivity contribution in [2.24, 2.45) is 0 Å². The van der Waals surface area contributed by atoms with E-state index < -0.39 is 23.5 Å². The molecule has 0 N–H and O–H groups in total. The predicted octanol–water partition coefficient (Wildman–Crippen LogP) is 3.32. The number of hydrogen-bond acceptors (Lipinski definition) is 1. The summed E-state index contributed by atoms with van der Waals surface area (Å²) in [6.45, 7) is 0. The van der Waals surface area contributed by atoms with Crippen LogP contribution in [0.15, 0.2) is 16.9 Å². The maximum absolute atomic E-state index is 11.9. The second kappa shape index (κ2) is 2.68. The van der Waals surface area contributed by atoms with Gasteiger partial charge >= 0.3 is 12.4 Å². The molecule has 0 fully saturated rings. The van der Waals surface area contributed by atoms with Gasteiger partial charge in [-0.25, -0.2) is 0 Å². The van der Waals surface area contributed by atoms with Crippen LogP contribution < -0.4 is 0 Å². The van der Waals surface area contributed by atoms with Crippen molar-refractivity contribution in [2.75, 3.05) is 0 Å². The summed E-state index contributed by atoms with van der Waals surface area (Å²) in [6.07, 6.45) is -10.0. The Labute approximate surface area is 67.9 Å². The minimum atomic E-state index is -5.04. The van der Waals surface area contributed by atoms with Crippen molar-refractivity contribution in [3.63, 3.8) is 0 Å². The highest BCUT2D eigenvalue weighted by Crippen LogP contribution is 2.40. The Hall–Kier alpha value is -1.14. The number of halogens is 6. The molecule has 74 valence electrons. The van der Waals surface area contributed by atoms with Crippen LogP contribution >= 0.6 is 0 Å². The molecule has 13 heavy (non-hydrogen) atoms. The molecule has 1 aromatic heterocycles. The largest absolute Gasteiger partial charge is 0.471 e. The molecular formula is C6H2F6O. The van der Waals surface area contributed by atoms with E-state index >= 15 is 0 Å². The van der Waals surface area contributed by atoms with E-state index in [1.165, 1.54) is 0 Å². The summed E-state index contributed by atoms with van der Waals surface area (Å²) >= 11 is 0. The van der Waals surface area contributed by atoms with Gasteiger partial charge in [0.1, 0.15) is 23.7 Å². The van der Waals surface area contributed by atoms with E-state index in [2.05, 4.69) is 4.42 Å². The zero-order valence-electron chi connectivity index (χ0n) is 5.83. The fourth-order valence-corrected chi connectivity index (χ4v) is 0.736. The Morgan fingerprint density at radius 3 is 1.31 bits per heavy atom. The van der Waals surface area contributed by atoms with E-state index in [1.807, 2.05) is 0 Å². The van der Waals surface area contributed by atoms with Gasteiger partial charge < -0.3 is 4.42 Å². The first-order chi connectivity index (χ1) is 5.73. The molecule has 0 atom stereocenters. The van der Waals surface area contributed by atoms with Crippen molar-refractivity contribution in [1.82, 2.24) is 0 Å². The minimum absolute atomic E-state index is 0.0306. The highest BCUT2D eigenvalue weighted by atomic mass is 19.4. The highest BCUT2D eigenvalue weighted by Gasteiger charge is 2.44. The zero-order chi connectivity index (χ0) is 10.3. The lowest BCUT2D eigenvalue weighted by atomic mass is 10.2. The smallest absolute Gasteiger partial charge is 0.420 e. The first-order valence-electron chi connectivity index (χ1n) is 2.93. The Morgan fingerprint density at radius 1 is 0.769 bits per heavy atom. The Kier molecular flexibility index (Phi) is 2.05. The van der Waals surface area contributed by atoms with Crippen LogP contribution in [0, 0.1) is 0 Å². The lowest BCUT2D eigenvalue weighted by Gasteiger charge is -2.08. The maximum atomic E-state index is 11.9. The van der Waals surface area contributed by atoms with Crippen LogP contribution in [0.5, 0.6) is 0 Å². The number of furan rings is 1. The first kappa shape index (κ1) is 9.94. The maximum Gasteiger partial charge on any atom is 0.420 e. The molecule has 0 radical (unpaired) electrons. The van der Waals surface area contributed by atoms with Gasteiger partial charge in [-0.05, 0) is 0 Å². The lowest BCUT2D eigenvalue weighted by molar-refractivity contribution is -0.161. The first-order valence-corrected chi connectivity index (χ1v) is 2.93.